The number of halogens is 3. The highest BCUT2D eigenvalue weighted by Gasteiger charge is 2.36. The van der Waals surface area contributed by atoms with E-state index in [1.165, 1.54) is 17.0 Å². The van der Waals surface area contributed by atoms with Gasteiger partial charge in [0.1, 0.15) is 0 Å². The topological polar surface area (TPSA) is 78.7 Å². The monoisotopic (exact) mass is 372 g/mol. The molecule has 144 valence electrons. The van der Waals surface area contributed by atoms with E-state index in [0.717, 1.165) is 0 Å². The standard InChI is InChI=1S/C17H23F3N4O2/c1-11-9-23(7-8-24(11)10-17(18,19)20)12(2)16(26)22-14-5-3-13(4-6-14)15(21)25/h3-6,11-12H,7-10H2,1-2H3,(H2,21,25)(H,22,26)/t11-,12-/m1/s1. The average molecular weight is 372 g/mol. The molecule has 9 heteroatoms. The van der Waals surface area contributed by atoms with E-state index in [4.69, 9.17) is 5.73 Å². The molecule has 0 aromatic heterocycles. The van der Waals surface area contributed by atoms with Gasteiger partial charge in [-0.1, -0.05) is 0 Å². The molecule has 26 heavy (non-hydrogen) atoms. The third-order valence-corrected chi connectivity index (χ3v) is 4.54. The van der Waals surface area contributed by atoms with Crippen molar-refractivity contribution in [1.82, 2.24) is 9.80 Å². The molecule has 1 aromatic carbocycles. The Labute approximate surface area is 150 Å². The van der Waals surface area contributed by atoms with E-state index in [1.54, 1.807) is 26.0 Å². The van der Waals surface area contributed by atoms with Gasteiger partial charge in [0.25, 0.3) is 0 Å². The number of nitrogens with zero attached hydrogens (tertiary/aromatic N) is 2. The molecule has 1 fully saturated rings. The quantitative estimate of drug-likeness (QED) is 0.824. The van der Waals surface area contributed by atoms with E-state index in [0.29, 0.717) is 24.3 Å². The number of alkyl halides is 3. The van der Waals surface area contributed by atoms with Crippen LogP contribution in [0.4, 0.5) is 18.9 Å². The molecule has 6 nitrogen and oxygen atoms in total. The van der Waals surface area contributed by atoms with Gasteiger partial charge in [0.05, 0.1) is 12.6 Å². The number of hydrogen-bond donors (Lipinski definition) is 2. The van der Waals surface area contributed by atoms with Crippen molar-refractivity contribution < 1.29 is 22.8 Å². The zero-order valence-corrected chi connectivity index (χ0v) is 14.7. The predicted octanol–water partition coefficient (Wildman–Crippen LogP) is 1.68. The maximum absolute atomic E-state index is 12.6. The summed E-state index contributed by atoms with van der Waals surface area (Å²) in [5, 5.41) is 2.74. The minimum Gasteiger partial charge on any atom is -0.366 e. The fraction of sp³-hybridized carbons (Fsp3) is 0.529. The Hall–Kier alpha value is -2.13. The van der Waals surface area contributed by atoms with E-state index in [-0.39, 0.29) is 18.5 Å². The van der Waals surface area contributed by atoms with Crippen LogP contribution in [0, 0.1) is 0 Å². The Morgan fingerprint density at radius 3 is 2.38 bits per heavy atom. The summed E-state index contributed by atoms with van der Waals surface area (Å²) < 4.78 is 37.7. The lowest BCUT2D eigenvalue weighted by Gasteiger charge is -2.42. The van der Waals surface area contributed by atoms with E-state index in [1.807, 2.05) is 4.90 Å². The van der Waals surface area contributed by atoms with Crippen LogP contribution in [0.3, 0.4) is 0 Å². The highest BCUT2D eigenvalue weighted by Crippen LogP contribution is 2.21. The van der Waals surface area contributed by atoms with Crippen LogP contribution in [-0.2, 0) is 4.79 Å². The number of nitrogens with one attached hydrogen (secondary N) is 1. The Bertz CT molecular complexity index is 648. The molecule has 0 bridgehead atoms. The van der Waals surface area contributed by atoms with Gasteiger partial charge in [0, 0.05) is 36.9 Å². The number of amides is 2. The molecule has 2 rings (SSSR count). The highest BCUT2D eigenvalue weighted by molar-refractivity contribution is 5.96. The van der Waals surface area contributed by atoms with E-state index in [9.17, 15) is 22.8 Å². The van der Waals surface area contributed by atoms with Crippen LogP contribution in [-0.4, -0.2) is 66.1 Å². The fourth-order valence-corrected chi connectivity index (χ4v) is 2.97. The second-order valence-corrected chi connectivity index (χ2v) is 6.54. The molecule has 1 aliphatic heterocycles. The Morgan fingerprint density at radius 2 is 1.88 bits per heavy atom. The Kier molecular flexibility index (Phi) is 6.25. The first-order valence-electron chi connectivity index (χ1n) is 8.32. The van der Waals surface area contributed by atoms with Crippen molar-refractivity contribution in [2.45, 2.75) is 32.1 Å². The SMILES string of the molecule is C[C@@H]1CN([C@H](C)C(=O)Nc2ccc(C(N)=O)cc2)CCN1CC(F)(F)F. The summed E-state index contributed by atoms with van der Waals surface area (Å²) in [6.07, 6.45) is -4.23. The van der Waals surface area contributed by atoms with E-state index < -0.39 is 24.7 Å². The maximum atomic E-state index is 12.6. The van der Waals surface area contributed by atoms with E-state index >= 15 is 0 Å². The zero-order valence-electron chi connectivity index (χ0n) is 14.7. The summed E-state index contributed by atoms with van der Waals surface area (Å²) in [7, 11) is 0. The summed E-state index contributed by atoms with van der Waals surface area (Å²) in [5.74, 6) is -0.810. The summed E-state index contributed by atoms with van der Waals surface area (Å²) in [5.41, 5.74) is 6.03. The molecule has 0 saturated carbocycles. The van der Waals surface area contributed by atoms with Gasteiger partial charge in [-0.3, -0.25) is 19.4 Å². The Balaban J connectivity index is 1.91. The summed E-state index contributed by atoms with van der Waals surface area (Å²) in [6, 6.07) is 5.40. The second kappa shape index (κ2) is 8.05. The number of nitrogens with two attached hydrogens (primary N) is 1. The predicted molar refractivity (Wildman–Crippen MR) is 91.7 cm³/mol. The molecule has 0 radical (unpaired) electrons. The van der Waals surface area contributed by atoms with Gasteiger partial charge in [-0.25, -0.2) is 0 Å². The van der Waals surface area contributed by atoms with Crippen molar-refractivity contribution in [3.05, 3.63) is 29.8 Å². The minimum absolute atomic E-state index is 0.256. The van der Waals surface area contributed by atoms with Crippen LogP contribution in [0.25, 0.3) is 0 Å². The molecule has 1 heterocycles. The lowest BCUT2D eigenvalue weighted by molar-refractivity contribution is -0.156. The van der Waals surface area contributed by atoms with Crippen LogP contribution < -0.4 is 11.1 Å². The van der Waals surface area contributed by atoms with Gasteiger partial charge < -0.3 is 11.1 Å². The third kappa shape index (κ3) is 5.43. The summed E-state index contributed by atoms with van der Waals surface area (Å²) >= 11 is 0. The molecule has 1 saturated heterocycles. The van der Waals surface area contributed by atoms with Crippen LogP contribution in [0.1, 0.15) is 24.2 Å². The van der Waals surface area contributed by atoms with Crippen LogP contribution in [0.2, 0.25) is 0 Å². The molecule has 0 spiro atoms. The first-order chi connectivity index (χ1) is 12.1. The van der Waals surface area contributed by atoms with Crippen molar-refractivity contribution in [2.75, 3.05) is 31.5 Å². The molecule has 3 N–H and O–H groups in total. The lowest BCUT2D eigenvalue weighted by Crippen LogP contribution is -2.58. The normalized spacial score (nSPS) is 20.6. The van der Waals surface area contributed by atoms with Crippen molar-refractivity contribution in [3.63, 3.8) is 0 Å². The lowest BCUT2D eigenvalue weighted by atomic mass is 10.1. The summed E-state index contributed by atoms with van der Waals surface area (Å²) in [6.45, 7) is 3.53. The van der Waals surface area contributed by atoms with Gasteiger partial charge >= 0.3 is 6.18 Å². The molecule has 1 aromatic rings. The van der Waals surface area contributed by atoms with Gasteiger partial charge in [0.15, 0.2) is 0 Å². The number of carbonyl (C=O) groups is 2. The molecule has 2 atom stereocenters. The van der Waals surface area contributed by atoms with E-state index in [2.05, 4.69) is 5.32 Å². The zero-order chi connectivity index (χ0) is 19.5. The van der Waals surface area contributed by atoms with Gasteiger partial charge in [-0.05, 0) is 38.1 Å². The van der Waals surface area contributed by atoms with Crippen molar-refractivity contribution in [1.29, 1.82) is 0 Å². The molecular weight excluding hydrogens is 349 g/mol. The number of rotatable bonds is 5. The number of piperazine rings is 1. The van der Waals surface area contributed by atoms with Crippen molar-refractivity contribution >= 4 is 17.5 Å². The number of primary amides is 1. The number of carbonyl (C=O) groups excluding carboxylic acids is 2. The van der Waals surface area contributed by atoms with Crippen LogP contribution >= 0.6 is 0 Å². The molecule has 1 aliphatic rings. The van der Waals surface area contributed by atoms with Crippen molar-refractivity contribution in [3.8, 4) is 0 Å². The minimum atomic E-state index is -4.23. The highest BCUT2D eigenvalue weighted by atomic mass is 19.4. The summed E-state index contributed by atoms with van der Waals surface area (Å²) in [4.78, 5) is 26.7. The number of benzene rings is 1. The first-order valence-corrected chi connectivity index (χ1v) is 8.32. The number of hydrogen-bond acceptors (Lipinski definition) is 4. The average Bonchev–Trinajstić information content (AvgIpc) is 2.55. The van der Waals surface area contributed by atoms with Gasteiger partial charge in [-0.15, -0.1) is 0 Å². The molecular formula is C17H23F3N4O2. The second-order valence-electron chi connectivity index (χ2n) is 6.54. The number of anilines is 1. The Morgan fingerprint density at radius 1 is 1.27 bits per heavy atom. The maximum Gasteiger partial charge on any atom is 0.401 e. The molecule has 0 unspecified atom stereocenters. The molecule has 0 aliphatic carbocycles. The fourth-order valence-electron chi connectivity index (χ4n) is 2.97. The van der Waals surface area contributed by atoms with Gasteiger partial charge in [-0.2, -0.15) is 13.2 Å². The molecule has 2 amide bonds. The van der Waals surface area contributed by atoms with Gasteiger partial charge in [0.2, 0.25) is 11.8 Å². The van der Waals surface area contributed by atoms with Crippen LogP contribution in [0.5, 0.6) is 0 Å². The smallest absolute Gasteiger partial charge is 0.366 e. The largest absolute Gasteiger partial charge is 0.401 e. The van der Waals surface area contributed by atoms with Crippen LogP contribution in [0.15, 0.2) is 24.3 Å². The third-order valence-electron chi connectivity index (χ3n) is 4.54. The van der Waals surface area contributed by atoms with Crippen molar-refractivity contribution in [2.24, 2.45) is 5.73 Å². The first kappa shape index (κ1) is 20.2.